The van der Waals surface area contributed by atoms with Gasteiger partial charge in [0.25, 0.3) is 0 Å². The Kier molecular flexibility index (Phi) is 5.07. The molecule has 2 rings (SSSR count). The topological polar surface area (TPSA) is 69.6 Å². The van der Waals surface area contributed by atoms with Crippen molar-refractivity contribution >= 4 is 29.3 Å². The number of anilines is 1. The van der Waals surface area contributed by atoms with Gasteiger partial charge in [-0.3, -0.25) is 0 Å². The lowest BCUT2D eigenvalue weighted by Crippen LogP contribution is -2.45. The molecule has 1 aliphatic heterocycles. The number of carboxylic acid groups (broad SMARTS) is 1. The molecular formula is C15H19ClN2O3. The molecule has 6 heteroatoms. The molecule has 2 amide bonds. The molecule has 21 heavy (non-hydrogen) atoms. The number of hydrogen-bond acceptors (Lipinski definition) is 2. The van der Waals surface area contributed by atoms with Crippen LogP contribution in [0.25, 0.3) is 0 Å². The van der Waals surface area contributed by atoms with Crippen LogP contribution in [0.1, 0.15) is 43.0 Å². The van der Waals surface area contributed by atoms with Crippen molar-refractivity contribution in [3.63, 3.8) is 0 Å². The Labute approximate surface area is 128 Å². The molecule has 1 heterocycles. The van der Waals surface area contributed by atoms with Gasteiger partial charge >= 0.3 is 12.0 Å². The highest BCUT2D eigenvalue weighted by Crippen LogP contribution is 2.25. The van der Waals surface area contributed by atoms with E-state index in [1.165, 1.54) is 18.2 Å². The highest BCUT2D eigenvalue weighted by Gasteiger charge is 2.25. The number of likely N-dealkylation sites (tertiary alicyclic amines) is 1. The lowest BCUT2D eigenvalue weighted by molar-refractivity contribution is 0.0697. The smallest absolute Gasteiger partial charge is 0.335 e. The standard InChI is InChI=1S/C15H19ClN2O3/c1-2-11-5-3-4-8-18(11)15(21)17-13-7-6-10(14(19)20)9-12(13)16/h6-7,9,11H,2-5,8H2,1H3,(H,17,21)(H,19,20). The predicted molar refractivity (Wildman–Crippen MR) is 82.1 cm³/mol. The quantitative estimate of drug-likeness (QED) is 0.891. The predicted octanol–water partition coefficient (Wildman–Crippen LogP) is 3.83. The normalized spacial score (nSPS) is 18.4. The van der Waals surface area contributed by atoms with Gasteiger partial charge in [-0.15, -0.1) is 0 Å². The minimum absolute atomic E-state index is 0.0995. The van der Waals surface area contributed by atoms with Gasteiger partial charge in [-0.25, -0.2) is 9.59 Å². The van der Waals surface area contributed by atoms with E-state index in [-0.39, 0.29) is 22.7 Å². The molecule has 1 fully saturated rings. The number of rotatable bonds is 3. The van der Waals surface area contributed by atoms with Crippen molar-refractivity contribution < 1.29 is 14.7 Å². The van der Waals surface area contributed by atoms with Crippen LogP contribution in [0, 0.1) is 0 Å². The number of aromatic carboxylic acids is 1. The van der Waals surface area contributed by atoms with Crippen LogP contribution in [0.2, 0.25) is 5.02 Å². The third-order valence-corrected chi connectivity index (χ3v) is 4.13. The molecule has 0 spiro atoms. The molecule has 0 aromatic heterocycles. The molecule has 0 radical (unpaired) electrons. The van der Waals surface area contributed by atoms with E-state index in [9.17, 15) is 9.59 Å². The van der Waals surface area contributed by atoms with Gasteiger partial charge in [0.15, 0.2) is 0 Å². The van der Waals surface area contributed by atoms with E-state index >= 15 is 0 Å². The lowest BCUT2D eigenvalue weighted by Gasteiger charge is -2.35. The van der Waals surface area contributed by atoms with E-state index in [1.54, 1.807) is 0 Å². The fourth-order valence-electron chi connectivity index (χ4n) is 2.63. The average Bonchev–Trinajstić information content (AvgIpc) is 2.48. The second-order valence-corrected chi connectivity index (χ2v) is 5.59. The number of benzene rings is 1. The summed E-state index contributed by atoms with van der Waals surface area (Å²) in [6, 6.07) is 4.38. The molecule has 114 valence electrons. The van der Waals surface area contributed by atoms with Crippen LogP contribution in [0.5, 0.6) is 0 Å². The Morgan fingerprint density at radius 1 is 1.43 bits per heavy atom. The number of carboxylic acids is 1. The van der Waals surface area contributed by atoms with Crippen LogP contribution in [-0.2, 0) is 0 Å². The van der Waals surface area contributed by atoms with Gasteiger partial charge in [-0.2, -0.15) is 0 Å². The Morgan fingerprint density at radius 3 is 2.81 bits per heavy atom. The first-order valence-electron chi connectivity index (χ1n) is 7.13. The van der Waals surface area contributed by atoms with Crippen molar-refractivity contribution in [1.82, 2.24) is 4.90 Å². The van der Waals surface area contributed by atoms with Gasteiger partial charge < -0.3 is 15.3 Å². The second kappa shape index (κ2) is 6.80. The largest absolute Gasteiger partial charge is 0.478 e. The summed E-state index contributed by atoms with van der Waals surface area (Å²) in [6.45, 7) is 2.82. The highest BCUT2D eigenvalue weighted by molar-refractivity contribution is 6.34. The number of carbonyl (C=O) groups is 2. The summed E-state index contributed by atoms with van der Waals surface area (Å²) in [5, 5.41) is 11.9. The van der Waals surface area contributed by atoms with Crippen LogP contribution in [-0.4, -0.2) is 34.6 Å². The molecule has 1 unspecified atom stereocenters. The number of halogens is 1. The Hall–Kier alpha value is -1.75. The van der Waals surface area contributed by atoms with Crippen molar-refractivity contribution in [2.75, 3.05) is 11.9 Å². The summed E-state index contributed by atoms with van der Waals surface area (Å²) in [7, 11) is 0. The van der Waals surface area contributed by atoms with Crippen molar-refractivity contribution in [2.45, 2.75) is 38.6 Å². The van der Waals surface area contributed by atoms with Gasteiger partial charge in [0.2, 0.25) is 0 Å². The molecular weight excluding hydrogens is 292 g/mol. The first-order valence-corrected chi connectivity index (χ1v) is 7.51. The third-order valence-electron chi connectivity index (χ3n) is 3.82. The van der Waals surface area contributed by atoms with Gasteiger partial charge in [-0.05, 0) is 43.9 Å². The zero-order valence-electron chi connectivity index (χ0n) is 11.9. The monoisotopic (exact) mass is 310 g/mol. The number of nitrogens with zero attached hydrogens (tertiary/aromatic N) is 1. The van der Waals surface area contributed by atoms with E-state index in [0.29, 0.717) is 5.69 Å². The van der Waals surface area contributed by atoms with Crippen molar-refractivity contribution in [3.8, 4) is 0 Å². The molecule has 1 saturated heterocycles. The summed E-state index contributed by atoms with van der Waals surface area (Å²) in [6.07, 6.45) is 4.11. The van der Waals surface area contributed by atoms with Crippen LogP contribution >= 0.6 is 11.6 Å². The van der Waals surface area contributed by atoms with Crippen LogP contribution < -0.4 is 5.32 Å². The Morgan fingerprint density at radius 2 is 2.19 bits per heavy atom. The Bertz CT molecular complexity index is 548. The van der Waals surface area contributed by atoms with Gasteiger partial charge in [-0.1, -0.05) is 18.5 Å². The minimum atomic E-state index is -1.04. The summed E-state index contributed by atoms with van der Waals surface area (Å²) in [5.41, 5.74) is 0.537. The highest BCUT2D eigenvalue weighted by atomic mass is 35.5. The van der Waals surface area contributed by atoms with Crippen molar-refractivity contribution in [2.24, 2.45) is 0 Å². The van der Waals surface area contributed by atoms with E-state index < -0.39 is 5.97 Å². The molecule has 1 aromatic carbocycles. The fourth-order valence-corrected chi connectivity index (χ4v) is 2.86. The number of hydrogen-bond donors (Lipinski definition) is 2. The van der Waals surface area contributed by atoms with E-state index in [1.807, 2.05) is 4.90 Å². The van der Waals surface area contributed by atoms with Gasteiger partial charge in [0.05, 0.1) is 16.3 Å². The number of carbonyl (C=O) groups excluding carboxylic acids is 1. The van der Waals surface area contributed by atoms with Gasteiger partial charge in [0, 0.05) is 12.6 Å². The molecule has 0 bridgehead atoms. The number of piperidine rings is 1. The summed E-state index contributed by atoms with van der Waals surface area (Å²) < 4.78 is 0. The van der Waals surface area contributed by atoms with E-state index in [4.69, 9.17) is 16.7 Å². The molecule has 1 aromatic rings. The number of nitrogens with one attached hydrogen (secondary N) is 1. The maximum absolute atomic E-state index is 12.3. The number of amides is 2. The zero-order chi connectivity index (χ0) is 15.4. The lowest BCUT2D eigenvalue weighted by atomic mass is 10.0. The van der Waals surface area contributed by atoms with Crippen molar-refractivity contribution in [1.29, 1.82) is 0 Å². The molecule has 1 atom stereocenters. The molecule has 0 aliphatic carbocycles. The molecule has 2 N–H and O–H groups in total. The maximum atomic E-state index is 12.3. The van der Waals surface area contributed by atoms with E-state index in [0.717, 1.165) is 32.2 Å². The summed E-state index contributed by atoms with van der Waals surface area (Å²) in [4.78, 5) is 25.0. The first kappa shape index (κ1) is 15.6. The SMILES string of the molecule is CCC1CCCCN1C(=O)Nc1ccc(C(=O)O)cc1Cl. The van der Waals surface area contributed by atoms with Gasteiger partial charge in [0.1, 0.15) is 0 Å². The summed E-state index contributed by atoms with van der Waals surface area (Å²) in [5.74, 6) is -1.04. The van der Waals surface area contributed by atoms with Crippen LogP contribution in [0.3, 0.4) is 0 Å². The minimum Gasteiger partial charge on any atom is -0.478 e. The molecule has 1 aliphatic rings. The van der Waals surface area contributed by atoms with Crippen LogP contribution in [0.15, 0.2) is 18.2 Å². The zero-order valence-corrected chi connectivity index (χ0v) is 12.7. The molecule has 5 nitrogen and oxygen atoms in total. The fraction of sp³-hybridized carbons (Fsp3) is 0.467. The Balaban J connectivity index is 2.10. The van der Waals surface area contributed by atoms with E-state index in [2.05, 4.69) is 12.2 Å². The first-order chi connectivity index (χ1) is 10.0. The van der Waals surface area contributed by atoms with Crippen LogP contribution in [0.4, 0.5) is 10.5 Å². The maximum Gasteiger partial charge on any atom is 0.335 e. The average molecular weight is 311 g/mol. The molecule has 0 saturated carbocycles. The summed E-state index contributed by atoms with van der Waals surface area (Å²) >= 11 is 6.03. The van der Waals surface area contributed by atoms with Crippen molar-refractivity contribution in [3.05, 3.63) is 28.8 Å². The second-order valence-electron chi connectivity index (χ2n) is 5.18. The number of urea groups is 1. The third kappa shape index (κ3) is 3.67.